The Labute approximate surface area is 137 Å². The van der Waals surface area contributed by atoms with Crippen LogP contribution < -0.4 is 5.32 Å². The van der Waals surface area contributed by atoms with Crippen molar-refractivity contribution in [3.63, 3.8) is 0 Å². The molecule has 1 atom stereocenters. The first-order valence-corrected chi connectivity index (χ1v) is 8.08. The third-order valence-electron chi connectivity index (χ3n) is 4.25. The Morgan fingerprint density at radius 1 is 1.43 bits per heavy atom. The fourth-order valence-electron chi connectivity index (χ4n) is 2.73. The Morgan fingerprint density at radius 3 is 2.70 bits per heavy atom. The van der Waals surface area contributed by atoms with Crippen molar-refractivity contribution in [3.05, 3.63) is 29.3 Å². The van der Waals surface area contributed by atoms with Crippen molar-refractivity contribution in [2.24, 2.45) is 5.41 Å². The lowest BCUT2D eigenvalue weighted by Crippen LogP contribution is -2.35. The lowest BCUT2D eigenvalue weighted by Gasteiger charge is -2.23. The van der Waals surface area contributed by atoms with Gasteiger partial charge >= 0.3 is 0 Å². The van der Waals surface area contributed by atoms with Crippen molar-refractivity contribution >= 4 is 11.6 Å². The largest absolute Gasteiger partial charge is 0.393 e. The maximum atomic E-state index is 14.1. The van der Waals surface area contributed by atoms with Crippen LogP contribution in [0.2, 0.25) is 0 Å². The number of anilines is 1. The van der Waals surface area contributed by atoms with Gasteiger partial charge < -0.3 is 15.3 Å². The van der Waals surface area contributed by atoms with Crippen LogP contribution in [-0.4, -0.2) is 47.8 Å². The molecule has 0 saturated carbocycles. The van der Waals surface area contributed by atoms with Crippen LogP contribution >= 0.6 is 0 Å². The summed E-state index contributed by atoms with van der Waals surface area (Å²) in [4.78, 5) is 14.2. The minimum Gasteiger partial charge on any atom is -0.393 e. The number of nitrogens with zero attached hydrogens (tertiary/aromatic N) is 1. The van der Waals surface area contributed by atoms with E-state index in [2.05, 4.69) is 26.1 Å². The summed E-state index contributed by atoms with van der Waals surface area (Å²) in [6, 6.07) is 5.57. The molecule has 1 aliphatic rings. The number of hydrogen-bond donors (Lipinski definition) is 2. The number of amides is 1. The molecule has 4 nitrogen and oxygen atoms in total. The summed E-state index contributed by atoms with van der Waals surface area (Å²) in [5, 5.41) is 12.5. The van der Waals surface area contributed by atoms with E-state index in [1.165, 1.54) is 4.90 Å². The van der Waals surface area contributed by atoms with E-state index in [1.807, 2.05) is 19.1 Å². The summed E-state index contributed by atoms with van der Waals surface area (Å²) in [5.74, 6) is -0.171. The molecule has 0 radical (unpaired) electrons. The van der Waals surface area contributed by atoms with Gasteiger partial charge in [-0.3, -0.25) is 4.79 Å². The van der Waals surface area contributed by atoms with Gasteiger partial charge in [-0.05, 0) is 30.0 Å². The molecule has 1 saturated heterocycles. The molecule has 1 fully saturated rings. The van der Waals surface area contributed by atoms with Crippen molar-refractivity contribution in [2.75, 3.05) is 31.6 Å². The molecule has 1 aromatic rings. The molecule has 2 N–H and O–H groups in total. The van der Waals surface area contributed by atoms with Crippen LogP contribution in [0.4, 0.5) is 10.1 Å². The lowest BCUT2D eigenvalue weighted by molar-refractivity contribution is 0.0630. The number of nitrogens with one attached hydrogen (secondary N) is 1. The first-order valence-electron chi connectivity index (χ1n) is 8.08. The number of hydrogen-bond acceptors (Lipinski definition) is 3. The highest BCUT2D eigenvalue weighted by Crippen LogP contribution is 2.28. The van der Waals surface area contributed by atoms with Gasteiger partial charge in [0.05, 0.1) is 13.2 Å². The Kier molecular flexibility index (Phi) is 4.99. The number of aliphatic hydroxyl groups is 1. The van der Waals surface area contributed by atoms with E-state index in [1.54, 1.807) is 6.07 Å². The lowest BCUT2D eigenvalue weighted by atomic mass is 9.96. The van der Waals surface area contributed by atoms with Gasteiger partial charge in [0.2, 0.25) is 0 Å². The second kappa shape index (κ2) is 6.48. The number of aliphatic hydroxyl groups excluding tert-OH is 1. The van der Waals surface area contributed by atoms with Gasteiger partial charge in [0.25, 0.3) is 5.91 Å². The maximum Gasteiger partial charge on any atom is 0.254 e. The monoisotopic (exact) mass is 322 g/mol. The predicted octanol–water partition coefficient (Wildman–Crippen LogP) is 3.00. The number of carbonyl (C=O) groups is 1. The molecule has 2 rings (SSSR count). The first-order chi connectivity index (χ1) is 10.7. The zero-order valence-electron chi connectivity index (χ0n) is 14.4. The van der Waals surface area contributed by atoms with E-state index in [4.69, 9.17) is 5.11 Å². The molecule has 128 valence electrons. The average molecular weight is 322 g/mol. The number of benzene rings is 1. The highest BCUT2D eigenvalue weighted by atomic mass is 19.1. The van der Waals surface area contributed by atoms with E-state index in [0.29, 0.717) is 12.1 Å². The molecule has 0 spiro atoms. The summed E-state index contributed by atoms with van der Waals surface area (Å²) in [6.07, 6.45) is 0.191. The third-order valence-corrected chi connectivity index (χ3v) is 4.25. The summed E-state index contributed by atoms with van der Waals surface area (Å²) in [6.45, 7) is 8.90. The quantitative estimate of drug-likeness (QED) is 0.896. The van der Waals surface area contributed by atoms with Crippen LogP contribution in [0.5, 0.6) is 0 Å². The van der Waals surface area contributed by atoms with Crippen LogP contribution in [0.3, 0.4) is 0 Å². The van der Waals surface area contributed by atoms with Gasteiger partial charge in [-0.2, -0.15) is 0 Å². The van der Waals surface area contributed by atoms with E-state index in [-0.39, 0.29) is 24.3 Å². The van der Waals surface area contributed by atoms with Crippen molar-refractivity contribution < 1.29 is 14.3 Å². The topological polar surface area (TPSA) is 52.6 Å². The minimum absolute atomic E-state index is 0.0403. The predicted molar refractivity (Wildman–Crippen MR) is 90.6 cm³/mol. The molecule has 1 amide bonds. The van der Waals surface area contributed by atoms with E-state index in [0.717, 1.165) is 17.8 Å². The van der Waals surface area contributed by atoms with Crippen molar-refractivity contribution in [3.8, 4) is 0 Å². The molecule has 5 heteroatoms. The SMILES string of the molecule is Cc1c(NCC(C)(C)C)cccc1C(=O)N1CCC(F)(CO)C1. The van der Waals surface area contributed by atoms with Crippen LogP contribution in [0, 0.1) is 12.3 Å². The summed E-state index contributed by atoms with van der Waals surface area (Å²) in [5.41, 5.74) is 0.869. The molecule has 1 aliphatic heterocycles. The summed E-state index contributed by atoms with van der Waals surface area (Å²) >= 11 is 0. The molecule has 1 unspecified atom stereocenters. The minimum atomic E-state index is -1.66. The first kappa shape index (κ1) is 17.7. The highest BCUT2D eigenvalue weighted by molar-refractivity contribution is 5.97. The Morgan fingerprint density at radius 2 is 2.13 bits per heavy atom. The van der Waals surface area contributed by atoms with Crippen LogP contribution in [-0.2, 0) is 0 Å². The Bertz CT molecular complexity index is 583. The molecule has 1 heterocycles. The van der Waals surface area contributed by atoms with Gasteiger partial charge in [-0.15, -0.1) is 0 Å². The number of halogens is 1. The zero-order chi connectivity index (χ0) is 17.3. The fraction of sp³-hybridized carbons (Fsp3) is 0.611. The molecular weight excluding hydrogens is 295 g/mol. The molecule has 23 heavy (non-hydrogen) atoms. The fourth-order valence-corrected chi connectivity index (χ4v) is 2.73. The van der Waals surface area contributed by atoms with Gasteiger partial charge in [0, 0.05) is 30.8 Å². The van der Waals surface area contributed by atoms with Gasteiger partial charge in [0.15, 0.2) is 5.67 Å². The Hall–Kier alpha value is -1.62. The van der Waals surface area contributed by atoms with Gasteiger partial charge in [0.1, 0.15) is 0 Å². The average Bonchev–Trinajstić information content (AvgIpc) is 2.88. The molecule has 1 aromatic carbocycles. The summed E-state index contributed by atoms with van der Waals surface area (Å²) < 4.78 is 14.1. The normalized spacial score (nSPS) is 21.6. The second-order valence-electron chi connectivity index (χ2n) is 7.68. The molecule has 0 aliphatic carbocycles. The van der Waals surface area contributed by atoms with Gasteiger partial charge in [-0.1, -0.05) is 26.8 Å². The third kappa shape index (κ3) is 4.22. The van der Waals surface area contributed by atoms with Gasteiger partial charge in [-0.25, -0.2) is 4.39 Å². The van der Waals surface area contributed by atoms with Crippen molar-refractivity contribution in [1.29, 1.82) is 0 Å². The second-order valence-corrected chi connectivity index (χ2v) is 7.68. The molecule has 0 bridgehead atoms. The standard InChI is InChI=1S/C18H27FN2O2/c1-13-14(6-5-7-15(13)20-10-17(2,3)4)16(23)21-9-8-18(19,11-21)12-22/h5-7,20,22H,8-12H2,1-4H3. The molecule has 0 aromatic heterocycles. The van der Waals surface area contributed by atoms with E-state index < -0.39 is 12.3 Å². The Balaban J connectivity index is 2.15. The smallest absolute Gasteiger partial charge is 0.254 e. The van der Waals surface area contributed by atoms with Crippen LogP contribution in [0.15, 0.2) is 18.2 Å². The van der Waals surface area contributed by atoms with Crippen molar-refractivity contribution in [2.45, 2.75) is 39.8 Å². The zero-order valence-corrected chi connectivity index (χ0v) is 14.4. The number of alkyl halides is 1. The number of likely N-dealkylation sites (tertiary alicyclic amines) is 1. The highest BCUT2D eigenvalue weighted by Gasteiger charge is 2.40. The summed E-state index contributed by atoms with van der Waals surface area (Å²) in [7, 11) is 0. The molecular formula is C18H27FN2O2. The van der Waals surface area contributed by atoms with Crippen molar-refractivity contribution in [1.82, 2.24) is 4.90 Å². The number of carbonyl (C=O) groups excluding carboxylic acids is 1. The van der Waals surface area contributed by atoms with Crippen LogP contribution in [0.25, 0.3) is 0 Å². The van der Waals surface area contributed by atoms with E-state index in [9.17, 15) is 9.18 Å². The van der Waals surface area contributed by atoms with Crippen LogP contribution in [0.1, 0.15) is 43.1 Å². The maximum absolute atomic E-state index is 14.1. The van der Waals surface area contributed by atoms with E-state index >= 15 is 0 Å². The number of rotatable bonds is 4.